The number of carbonyl (C=O) groups excluding carboxylic acids is 2. The number of likely N-dealkylation sites (N-methyl/N-ethyl adjacent to an activating group) is 2. The van der Waals surface area contributed by atoms with E-state index in [1.54, 1.807) is 16.8 Å². The average molecular weight is 427 g/mol. The zero-order valence-corrected chi connectivity index (χ0v) is 18.4. The minimum Gasteiger partial charge on any atom is -0.350 e. The molecule has 0 aromatic heterocycles. The molecule has 0 bridgehead atoms. The van der Waals surface area contributed by atoms with Crippen molar-refractivity contribution in [3.63, 3.8) is 0 Å². The molecule has 2 aliphatic rings. The number of hydrogen-bond donors (Lipinski definition) is 1. The van der Waals surface area contributed by atoms with Gasteiger partial charge >= 0.3 is 0 Å². The van der Waals surface area contributed by atoms with E-state index >= 15 is 0 Å². The van der Waals surface area contributed by atoms with Gasteiger partial charge in [0, 0.05) is 24.8 Å². The second kappa shape index (κ2) is 7.50. The maximum atomic E-state index is 13.9. The molecule has 1 spiro atoms. The molecule has 6 heteroatoms. The van der Waals surface area contributed by atoms with E-state index in [1.165, 1.54) is 0 Å². The average Bonchev–Trinajstić information content (AvgIpc) is 3.02. The van der Waals surface area contributed by atoms with Gasteiger partial charge in [0.2, 0.25) is 5.66 Å². The number of rotatable bonds is 4. The maximum Gasteiger partial charge on any atom is 0.278 e. The smallest absolute Gasteiger partial charge is 0.278 e. The second-order valence-electron chi connectivity index (χ2n) is 8.57. The van der Waals surface area contributed by atoms with Gasteiger partial charge in [0.25, 0.3) is 11.8 Å². The Hall–Kier alpha value is -3.64. The predicted molar refractivity (Wildman–Crippen MR) is 126 cm³/mol. The third-order valence-electron chi connectivity index (χ3n) is 6.56. The summed E-state index contributed by atoms with van der Waals surface area (Å²) in [5.41, 5.74) is 2.65. The van der Waals surface area contributed by atoms with Crippen molar-refractivity contribution >= 4 is 23.2 Å². The molecule has 0 fully saturated rings. The standard InChI is InChI=1S/C26H26N4O2/c1-28(2)23(18-11-5-4-6-12-18)17-30-24(31)19-13-7-9-15-21(19)27-26(30)20-14-8-10-16-22(20)29(3)25(26)32/h4-16,23,27H,17H2,1-3H3/t23-,26+/m1/s1. The quantitative estimate of drug-likeness (QED) is 0.691. The van der Waals surface area contributed by atoms with Gasteiger partial charge in [-0.25, -0.2) is 0 Å². The number of nitrogens with one attached hydrogen (secondary N) is 1. The molecule has 1 N–H and O–H groups in total. The van der Waals surface area contributed by atoms with Gasteiger partial charge in [-0.2, -0.15) is 0 Å². The lowest BCUT2D eigenvalue weighted by Crippen LogP contribution is -2.63. The van der Waals surface area contributed by atoms with Gasteiger partial charge in [0.1, 0.15) is 0 Å². The molecule has 2 amide bonds. The van der Waals surface area contributed by atoms with E-state index in [2.05, 4.69) is 22.3 Å². The zero-order chi connectivity index (χ0) is 22.5. The number of nitrogens with zero attached hydrogens (tertiary/aromatic N) is 3. The van der Waals surface area contributed by atoms with E-state index in [1.807, 2.05) is 80.8 Å². The molecule has 2 aliphatic heterocycles. The minimum absolute atomic E-state index is 0.0880. The third kappa shape index (κ3) is 2.83. The number of fused-ring (bicyclic) bond motifs is 3. The van der Waals surface area contributed by atoms with Gasteiger partial charge < -0.3 is 20.0 Å². The summed E-state index contributed by atoms with van der Waals surface area (Å²) in [6.07, 6.45) is 0. The summed E-state index contributed by atoms with van der Waals surface area (Å²) in [7, 11) is 5.76. The molecule has 32 heavy (non-hydrogen) atoms. The summed E-state index contributed by atoms with van der Waals surface area (Å²) in [6.45, 7) is 0.352. The van der Waals surface area contributed by atoms with Crippen molar-refractivity contribution in [1.29, 1.82) is 0 Å². The van der Waals surface area contributed by atoms with Crippen LogP contribution >= 0.6 is 0 Å². The molecule has 5 rings (SSSR count). The van der Waals surface area contributed by atoms with Crippen LogP contribution in [-0.2, 0) is 10.5 Å². The van der Waals surface area contributed by atoms with Crippen molar-refractivity contribution < 1.29 is 9.59 Å². The van der Waals surface area contributed by atoms with Crippen LogP contribution in [-0.4, -0.2) is 49.3 Å². The summed E-state index contributed by atoms with van der Waals surface area (Å²) in [5.74, 6) is -0.312. The first-order valence-corrected chi connectivity index (χ1v) is 10.7. The number of benzene rings is 3. The summed E-state index contributed by atoms with van der Waals surface area (Å²) in [5, 5.41) is 3.48. The normalized spacial score (nSPS) is 20.4. The fraction of sp³-hybridized carbons (Fsp3) is 0.231. The Morgan fingerprint density at radius 1 is 0.906 bits per heavy atom. The molecular formula is C26H26N4O2. The molecular weight excluding hydrogens is 400 g/mol. The minimum atomic E-state index is -1.29. The Bertz CT molecular complexity index is 1190. The largest absolute Gasteiger partial charge is 0.350 e. The number of hydrogen-bond acceptors (Lipinski definition) is 4. The number of anilines is 2. The monoisotopic (exact) mass is 426 g/mol. The van der Waals surface area contributed by atoms with Crippen LogP contribution in [0.15, 0.2) is 78.9 Å². The fourth-order valence-corrected chi connectivity index (χ4v) is 4.89. The molecule has 3 aromatic rings. The number of amides is 2. The van der Waals surface area contributed by atoms with Crippen LogP contribution in [0.1, 0.15) is 27.5 Å². The lowest BCUT2D eigenvalue weighted by molar-refractivity contribution is -0.127. The van der Waals surface area contributed by atoms with E-state index in [0.29, 0.717) is 17.8 Å². The highest BCUT2D eigenvalue weighted by atomic mass is 16.2. The molecule has 2 atom stereocenters. The van der Waals surface area contributed by atoms with E-state index in [4.69, 9.17) is 0 Å². The molecule has 2 heterocycles. The van der Waals surface area contributed by atoms with Gasteiger partial charge in [0.15, 0.2) is 0 Å². The maximum absolute atomic E-state index is 13.9. The molecule has 0 saturated carbocycles. The van der Waals surface area contributed by atoms with Crippen LogP contribution in [0.25, 0.3) is 0 Å². The number of carbonyl (C=O) groups is 2. The van der Waals surface area contributed by atoms with Crippen LogP contribution in [0.5, 0.6) is 0 Å². The Labute approximate surface area is 188 Å². The second-order valence-corrected chi connectivity index (χ2v) is 8.57. The Balaban J connectivity index is 1.70. The Morgan fingerprint density at radius 2 is 1.56 bits per heavy atom. The molecule has 3 aromatic carbocycles. The predicted octanol–water partition coefficient (Wildman–Crippen LogP) is 3.69. The molecule has 0 aliphatic carbocycles. The summed E-state index contributed by atoms with van der Waals surface area (Å²) in [6, 6.07) is 25.1. The number of para-hydroxylation sites is 2. The van der Waals surface area contributed by atoms with Crippen molar-refractivity contribution in [2.75, 3.05) is 37.9 Å². The van der Waals surface area contributed by atoms with Gasteiger partial charge in [-0.3, -0.25) is 9.59 Å². The van der Waals surface area contributed by atoms with Crippen molar-refractivity contribution in [3.05, 3.63) is 95.6 Å². The van der Waals surface area contributed by atoms with Crippen molar-refractivity contribution in [2.24, 2.45) is 0 Å². The van der Waals surface area contributed by atoms with Crippen molar-refractivity contribution in [3.8, 4) is 0 Å². The first kappa shape index (κ1) is 20.3. The Kier molecular flexibility index (Phi) is 4.75. The zero-order valence-electron chi connectivity index (χ0n) is 18.4. The first-order valence-electron chi connectivity index (χ1n) is 10.7. The highest BCUT2D eigenvalue weighted by Gasteiger charge is 2.58. The highest BCUT2D eigenvalue weighted by Crippen LogP contribution is 2.48. The SMILES string of the molecule is CN1C(=O)[C@]2(Nc3ccccc3C(=O)N2C[C@H](c2ccccc2)N(C)C)c2ccccc21. The summed E-state index contributed by atoms with van der Waals surface area (Å²) in [4.78, 5) is 33.2. The lowest BCUT2D eigenvalue weighted by Gasteiger charge is -2.46. The van der Waals surface area contributed by atoms with Crippen LogP contribution in [0.2, 0.25) is 0 Å². The van der Waals surface area contributed by atoms with Crippen molar-refractivity contribution in [1.82, 2.24) is 9.80 Å². The first-order chi connectivity index (χ1) is 15.4. The lowest BCUT2D eigenvalue weighted by atomic mass is 9.91. The van der Waals surface area contributed by atoms with Gasteiger partial charge in [-0.15, -0.1) is 0 Å². The summed E-state index contributed by atoms with van der Waals surface area (Å²) >= 11 is 0. The van der Waals surface area contributed by atoms with Gasteiger partial charge in [-0.1, -0.05) is 60.7 Å². The van der Waals surface area contributed by atoms with E-state index in [-0.39, 0.29) is 17.9 Å². The van der Waals surface area contributed by atoms with Crippen LogP contribution in [0.3, 0.4) is 0 Å². The molecule has 0 radical (unpaired) electrons. The van der Waals surface area contributed by atoms with Crippen LogP contribution in [0.4, 0.5) is 11.4 Å². The molecule has 0 saturated heterocycles. The molecule has 162 valence electrons. The van der Waals surface area contributed by atoms with Crippen molar-refractivity contribution in [2.45, 2.75) is 11.7 Å². The molecule has 6 nitrogen and oxygen atoms in total. The van der Waals surface area contributed by atoms with E-state index < -0.39 is 5.66 Å². The van der Waals surface area contributed by atoms with Crippen LogP contribution < -0.4 is 10.2 Å². The van der Waals surface area contributed by atoms with E-state index in [0.717, 1.165) is 16.8 Å². The Morgan fingerprint density at radius 3 is 2.31 bits per heavy atom. The topological polar surface area (TPSA) is 55.9 Å². The third-order valence-corrected chi connectivity index (χ3v) is 6.56. The summed E-state index contributed by atoms with van der Waals surface area (Å²) < 4.78 is 0. The highest BCUT2D eigenvalue weighted by molar-refractivity contribution is 6.15. The molecule has 0 unspecified atom stereocenters. The van der Waals surface area contributed by atoms with Gasteiger partial charge in [0.05, 0.1) is 17.3 Å². The van der Waals surface area contributed by atoms with Crippen LogP contribution in [0, 0.1) is 0 Å². The fourth-order valence-electron chi connectivity index (χ4n) is 4.89. The van der Waals surface area contributed by atoms with Gasteiger partial charge in [-0.05, 0) is 37.9 Å². The van der Waals surface area contributed by atoms with E-state index in [9.17, 15) is 9.59 Å².